The van der Waals surface area contributed by atoms with Crippen molar-refractivity contribution in [3.05, 3.63) is 35.5 Å². The van der Waals surface area contributed by atoms with Gasteiger partial charge in [-0.05, 0) is 37.1 Å². The molecule has 9 heteroatoms. The molecule has 0 saturated heterocycles. The van der Waals surface area contributed by atoms with Crippen molar-refractivity contribution in [2.45, 2.75) is 25.4 Å². The van der Waals surface area contributed by atoms with Crippen molar-refractivity contribution in [1.82, 2.24) is 15.2 Å². The lowest BCUT2D eigenvalue weighted by molar-refractivity contribution is -0.142. The SMILES string of the molecule is NC(=O)NCCC[C@H](NC(=O)Cn1ccc2cc(Cl)ccc21)C(=O)O. The predicted octanol–water partition coefficient (Wildman–Crippen LogP) is 1.31. The van der Waals surface area contributed by atoms with E-state index in [1.54, 1.807) is 29.0 Å². The molecule has 0 aliphatic rings. The number of carbonyl (C=O) groups is 3. The van der Waals surface area contributed by atoms with E-state index < -0.39 is 23.9 Å². The van der Waals surface area contributed by atoms with Gasteiger partial charge in [-0.2, -0.15) is 0 Å². The molecule has 0 aliphatic heterocycles. The number of primary amides is 1. The number of carboxylic acids is 1. The Kier molecular flexibility index (Phi) is 6.24. The van der Waals surface area contributed by atoms with E-state index in [2.05, 4.69) is 10.6 Å². The molecule has 5 N–H and O–H groups in total. The molecule has 3 amide bonds. The van der Waals surface area contributed by atoms with E-state index >= 15 is 0 Å². The second-order valence-electron chi connectivity index (χ2n) is 5.54. The number of fused-ring (bicyclic) bond motifs is 1. The van der Waals surface area contributed by atoms with Crippen LogP contribution < -0.4 is 16.4 Å². The number of nitrogens with two attached hydrogens (primary N) is 1. The minimum atomic E-state index is -1.13. The number of hydrogen-bond acceptors (Lipinski definition) is 3. The number of carbonyl (C=O) groups excluding carboxylic acids is 2. The number of aromatic nitrogens is 1. The summed E-state index contributed by atoms with van der Waals surface area (Å²) < 4.78 is 1.72. The molecule has 0 spiro atoms. The topological polar surface area (TPSA) is 126 Å². The summed E-state index contributed by atoms with van der Waals surface area (Å²) in [5, 5.41) is 15.6. The smallest absolute Gasteiger partial charge is 0.326 e. The molecule has 2 aromatic rings. The highest BCUT2D eigenvalue weighted by Gasteiger charge is 2.19. The fraction of sp³-hybridized carbons (Fsp3) is 0.312. The molecule has 25 heavy (non-hydrogen) atoms. The minimum Gasteiger partial charge on any atom is -0.480 e. The van der Waals surface area contributed by atoms with Gasteiger partial charge in [0.05, 0.1) is 0 Å². The Morgan fingerprint density at radius 1 is 1.28 bits per heavy atom. The first kappa shape index (κ1) is 18.6. The van der Waals surface area contributed by atoms with E-state index in [1.165, 1.54) is 0 Å². The Labute approximate surface area is 148 Å². The molecule has 0 aliphatic carbocycles. The van der Waals surface area contributed by atoms with Crippen LogP contribution in [0.15, 0.2) is 30.5 Å². The zero-order chi connectivity index (χ0) is 18.4. The lowest BCUT2D eigenvalue weighted by Gasteiger charge is -2.15. The third-order valence-corrected chi connectivity index (χ3v) is 3.88. The Morgan fingerprint density at radius 3 is 2.72 bits per heavy atom. The normalized spacial score (nSPS) is 11.9. The van der Waals surface area contributed by atoms with Crippen LogP contribution in [0.5, 0.6) is 0 Å². The fourth-order valence-electron chi connectivity index (χ4n) is 2.48. The van der Waals surface area contributed by atoms with Crippen LogP contribution in [-0.4, -0.2) is 40.2 Å². The van der Waals surface area contributed by atoms with Crippen LogP contribution in [-0.2, 0) is 16.1 Å². The fourth-order valence-corrected chi connectivity index (χ4v) is 2.66. The maximum Gasteiger partial charge on any atom is 0.326 e. The molecule has 134 valence electrons. The minimum absolute atomic E-state index is 0.00551. The van der Waals surface area contributed by atoms with Crippen LogP contribution in [0.2, 0.25) is 5.02 Å². The molecule has 2 rings (SSSR count). The van der Waals surface area contributed by atoms with Gasteiger partial charge in [0, 0.05) is 28.7 Å². The number of nitrogens with zero attached hydrogens (tertiary/aromatic N) is 1. The van der Waals surface area contributed by atoms with Crippen LogP contribution in [0.4, 0.5) is 4.79 Å². The van der Waals surface area contributed by atoms with Gasteiger partial charge in [-0.1, -0.05) is 11.6 Å². The Hall–Kier alpha value is -2.74. The largest absolute Gasteiger partial charge is 0.480 e. The lowest BCUT2D eigenvalue weighted by Crippen LogP contribution is -2.42. The van der Waals surface area contributed by atoms with Crippen LogP contribution in [0.1, 0.15) is 12.8 Å². The van der Waals surface area contributed by atoms with E-state index in [4.69, 9.17) is 17.3 Å². The van der Waals surface area contributed by atoms with Crippen LogP contribution in [0.25, 0.3) is 10.9 Å². The van der Waals surface area contributed by atoms with Crippen LogP contribution in [0.3, 0.4) is 0 Å². The van der Waals surface area contributed by atoms with Gasteiger partial charge in [0.15, 0.2) is 0 Å². The maximum atomic E-state index is 12.2. The molecule has 0 bridgehead atoms. The van der Waals surface area contributed by atoms with E-state index in [0.717, 1.165) is 10.9 Å². The molecule has 0 radical (unpaired) electrons. The maximum absolute atomic E-state index is 12.2. The summed E-state index contributed by atoms with van der Waals surface area (Å²) in [4.78, 5) is 34.0. The summed E-state index contributed by atoms with van der Waals surface area (Å²) in [6.45, 7) is 0.242. The molecular weight excluding hydrogens is 348 g/mol. The van der Waals surface area contributed by atoms with Crippen molar-refractivity contribution in [1.29, 1.82) is 0 Å². The Morgan fingerprint density at radius 2 is 2.04 bits per heavy atom. The summed E-state index contributed by atoms with van der Waals surface area (Å²) >= 11 is 5.93. The molecule has 0 fully saturated rings. The summed E-state index contributed by atoms with van der Waals surface area (Å²) in [6, 6.07) is 5.45. The average molecular weight is 367 g/mol. The first-order valence-electron chi connectivity index (χ1n) is 7.66. The molecule has 0 unspecified atom stereocenters. The number of urea groups is 1. The van der Waals surface area contributed by atoms with E-state index in [-0.39, 0.29) is 19.5 Å². The standard InChI is InChI=1S/C16H19ClN4O4/c17-11-3-4-13-10(8-11)5-7-21(13)9-14(22)20-12(15(23)24)2-1-6-19-16(18)25/h3-5,7-8,12H,1-2,6,9H2,(H,20,22)(H,23,24)(H3,18,19,25)/t12-/m0/s1. The zero-order valence-corrected chi connectivity index (χ0v) is 14.1. The molecule has 1 aromatic heterocycles. The zero-order valence-electron chi connectivity index (χ0n) is 13.4. The third-order valence-electron chi connectivity index (χ3n) is 3.65. The van der Waals surface area contributed by atoms with Crippen molar-refractivity contribution in [3.8, 4) is 0 Å². The van der Waals surface area contributed by atoms with E-state index in [9.17, 15) is 19.5 Å². The van der Waals surface area contributed by atoms with Crippen molar-refractivity contribution in [2.75, 3.05) is 6.54 Å². The highest BCUT2D eigenvalue weighted by Crippen LogP contribution is 2.20. The molecule has 8 nitrogen and oxygen atoms in total. The van der Waals surface area contributed by atoms with Crippen molar-refractivity contribution in [3.63, 3.8) is 0 Å². The lowest BCUT2D eigenvalue weighted by atomic mass is 10.1. The second-order valence-corrected chi connectivity index (χ2v) is 5.97. The summed E-state index contributed by atoms with van der Waals surface area (Å²) in [5.41, 5.74) is 5.76. The Bertz CT molecular complexity index is 790. The molecule has 0 saturated carbocycles. The number of carboxylic acid groups (broad SMARTS) is 1. The first-order chi connectivity index (χ1) is 11.9. The molecule has 1 atom stereocenters. The second kappa shape index (κ2) is 8.39. The van der Waals surface area contributed by atoms with Crippen molar-refractivity contribution in [2.24, 2.45) is 5.73 Å². The van der Waals surface area contributed by atoms with E-state index in [0.29, 0.717) is 11.4 Å². The average Bonchev–Trinajstić information content (AvgIpc) is 2.91. The highest BCUT2D eigenvalue weighted by atomic mass is 35.5. The number of rotatable bonds is 8. The Balaban J connectivity index is 1.93. The van der Waals surface area contributed by atoms with Gasteiger partial charge in [0.2, 0.25) is 5.91 Å². The number of amides is 3. The number of hydrogen-bond donors (Lipinski definition) is 4. The van der Waals surface area contributed by atoms with Gasteiger partial charge in [-0.3, -0.25) is 4.79 Å². The number of aliphatic carboxylic acids is 1. The summed E-state index contributed by atoms with van der Waals surface area (Å²) in [5.74, 6) is -1.54. The summed E-state index contributed by atoms with van der Waals surface area (Å²) in [7, 11) is 0. The van der Waals surface area contributed by atoms with Gasteiger partial charge < -0.3 is 26.0 Å². The summed E-state index contributed by atoms with van der Waals surface area (Å²) in [6.07, 6.45) is 2.31. The third kappa shape index (κ3) is 5.39. The van der Waals surface area contributed by atoms with Gasteiger partial charge in [-0.25, -0.2) is 9.59 Å². The van der Waals surface area contributed by atoms with Gasteiger partial charge in [0.1, 0.15) is 12.6 Å². The number of benzene rings is 1. The highest BCUT2D eigenvalue weighted by molar-refractivity contribution is 6.31. The van der Waals surface area contributed by atoms with E-state index in [1.807, 2.05) is 6.07 Å². The van der Waals surface area contributed by atoms with Crippen LogP contribution >= 0.6 is 11.6 Å². The first-order valence-corrected chi connectivity index (χ1v) is 8.04. The monoisotopic (exact) mass is 366 g/mol. The van der Waals surface area contributed by atoms with Crippen LogP contribution in [0, 0.1) is 0 Å². The van der Waals surface area contributed by atoms with Gasteiger partial charge >= 0.3 is 12.0 Å². The number of halogens is 1. The number of nitrogens with one attached hydrogen (secondary N) is 2. The molecular formula is C16H19ClN4O4. The van der Waals surface area contributed by atoms with Gasteiger partial charge in [0.25, 0.3) is 0 Å². The van der Waals surface area contributed by atoms with Crippen molar-refractivity contribution < 1.29 is 19.5 Å². The molecule has 1 heterocycles. The van der Waals surface area contributed by atoms with Crippen molar-refractivity contribution >= 4 is 40.4 Å². The molecule has 1 aromatic carbocycles. The van der Waals surface area contributed by atoms with Gasteiger partial charge in [-0.15, -0.1) is 0 Å². The quantitative estimate of drug-likeness (QED) is 0.525. The predicted molar refractivity (Wildman–Crippen MR) is 93.3 cm³/mol.